The number of fused-ring (bicyclic) bond motifs is 1. The van der Waals surface area contributed by atoms with Gasteiger partial charge in [-0.1, -0.05) is 12.1 Å². The first-order valence-electron chi connectivity index (χ1n) is 7.01. The Morgan fingerprint density at radius 3 is 2.74 bits per heavy atom. The molecule has 19 heavy (non-hydrogen) atoms. The molecular formula is C15H21N3O. The zero-order valence-electron chi connectivity index (χ0n) is 11.6. The molecule has 1 aromatic carbocycles. The fourth-order valence-corrected chi connectivity index (χ4v) is 3.03. The van der Waals surface area contributed by atoms with Crippen molar-refractivity contribution in [3.63, 3.8) is 0 Å². The topological polar surface area (TPSA) is 35.6 Å². The summed E-state index contributed by atoms with van der Waals surface area (Å²) >= 11 is 0. The molecule has 1 amide bonds. The van der Waals surface area contributed by atoms with Gasteiger partial charge in [0.15, 0.2) is 0 Å². The molecule has 0 aliphatic carbocycles. The number of rotatable bonds is 2. The molecule has 2 heterocycles. The number of hydrogen-bond donors (Lipinski definition) is 1. The summed E-state index contributed by atoms with van der Waals surface area (Å²) in [5.74, 6) is 0.196. The second kappa shape index (κ2) is 4.94. The molecule has 2 aliphatic rings. The average Bonchev–Trinajstić information content (AvgIpc) is 2.74. The molecule has 0 bridgehead atoms. The highest BCUT2D eigenvalue weighted by Crippen LogP contribution is 2.31. The summed E-state index contributed by atoms with van der Waals surface area (Å²) in [6, 6.07) is 6.90. The van der Waals surface area contributed by atoms with Crippen molar-refractivity contribution >= 4 is 11.6 Å². The van der Waals surface area contributed by atoms with Crippen LogP contribution in [0.2, 0.25) is 0 Å². The fourth-order valence-electron chi connectivity index (χ4n) is 3.03. The maximum atomic E-state index is 11.7. The van der Waals surface area contributed by atoms with Gasteiger partial charge in [-0.3, -0.25) is 9.69 Å². The van der Waals surface area contributed by atoms with Crippen LogP contribution in [0.4, 0.5) is 5.69 Å². The van der Waals surface area contributed by atoms with E-state index in [1.807, 2.05) is 7.05 Å². The predicted molar refractivity (Wildman–Crippen MR) is 76.4 cm³/mol. The van der Waals surface area contributed by atoms with E-state index >= 15 is 0 Å². The quantitative estimate of drug-likeness (QED) is 0.866. The van der Waals surface area contributed by atoms with Crippen molar-refractivity contribution in [2.45, 2.75) is 19.4 Å². The van der Waals surface area contributed by atoms with Gasteiger partial charge in [0.2, 0.25) is 5.91 Å². The van der Waals surface area contributed by atoms with E-state index in [1.165, 1.54) is 11.1 Å². The Balaban J connectivity index is 1.82. The molecule has 2 aliphatic heterocycles. The molecule has 0 aromatic heterocycles. The summed E-state index contributed by atoms with van der Waals surface area (Å²) in [4.78, 5) is 16.0. The summed E-state index contributed by atoms with van der Waals surface area (Å²) < 4.78 is 0. The third-order valence-corrected chi connectivity index (χ3v) is 4.36. The van der Waals surface area contributed by atoms with Crippen LogP contribution in [-0.2, 0) is 11.2 Å². The maximum absolute atomic E-state index is 11.7. The Bertz CT molecular complexity index is 494. The molecule has 1 aromatic rings. The lowest BCUT2D eigenvalue weighted by molar-refractivity contribution is -0.117. The molecule has 0 spiro atoms. The summed E-state index contributed by atoms with van der Waals surface area (Å²) in [5, 5.41) is 3.38. The van der Waals surface area contributed by atoms with Gasteiger partial charge < -0.3 is 10.2 Å². The van der Waals surface area contributed by atoms with Crippen molar-refractivity contribution in [2.75, 3.05) is 38.1 Å². The predicted octanol–water partition coefficient (Wildman–Crippen LogP) is 1.17. The van der Waals surface area contributed by atoms with Gasteiger partial charge in [-0.15, -0.1) is 0 Å². The Labute approximate surface area is 114 Å². The van der Waals surface area contributed by atoms with Crippen molar-refractivity contribution < 1.29 is 4.79 Å². The lowest BCUT2D eigenvalue weighted by atomic mass is 10.0. The third kappa shape index (κ3) is 2.26. The lowest BCUT2D eigenvalue weighted by Gasteiger charge is -2.33. The highest BCUT2D eigenvalue weighted by Gasteiger charge is 2.25. The normalized spacial score (nSPS) is 21.6. The number of anilines is 1. The first-order valence-corrected chi connectivity index (χ1v) is 7.01. The van der Waals surface area contributed by atoms with E-state index in [-0.39, 0.29) is 5.91 Å². The van der Waals surface area contributed by atoms with Crippen LogP contribution in [0.3, 0.4) is 0 Å². The molecule has 4 heteroatoms. The number of piperazine rings is 1. The van der Waals surface area contributed by atoms with Crippen molar-refractivity contribution in [3.05, 3.63) is 29.3 Å². The summed E-state index contributed by atoms with van der Waals surface area (Å²) in [7, 11) is 1.85. The zero-order valence-corrected chi connectivity index (χ0v) is 11.6. The van der Waals surface area contributed by atoms with E-state index in [2.05, 4.69) is 35.3 Å². The van der Waals surface area contributed by atoms with Gasteiger partial charge in [-0.2, -0.15) is 0 Å². The van der Waals surface area contributed by atoms with Crippen LogP contribution in [0.15, 0.2) is 18.2 Å². The van der Waals surface area contributed by atoms with Crippen molar-refractivity contribution in [2.24, 2.45) is 0 Å². The molecular weight excluding hydrogens is 238 g/mol. The highest BCUT2D eigenvalue weighted by atomic mass is 16.2. The minimum atomic E-state index is 0.196. The highest BCUT2D eigenvalue weighted by molar-refractivity contribution is 6.00. The molecule has 1 unspecified atom stereocenters. The van der Waals surface area contributed by atoms with Gasteiger partial charge in [0.05, 0.1) is 6.42 Å². The number of benzene rings is 1. The van der Waals surface area contributed by atoms with Gasteiger partial charge in [0, 0.05) is 45.0 Å². The SMILES string of the molecule is CC(c1ccc2c(c1)CC(=O)N2C)N1CCNCC1. The number of nitrogens with zero attached hydrogens (tertiary/aromatic N) is 2. The van der Waals surface area contributed by atoms with Gasteiger partial charge in [-0.05, 0) is 24.1 Å². The molecule has 1 saturated heterocycles. The maximum Gasteiger partial charge on any atom is 0.231 e. The van der Waals surface area contributed by atoms with Crippen molar-refractivity contribution in [3.8, 4) is 0 Å². The molecule has 4 nitrogen and oxygen atoms in total. The third-order valence-electron chi connectivity index (χ3n) is 4.36. The Morgan fingerprint density at radius 1 is 1.26 bits per heavy atom. The molecule has 0 saturated carbocycles. The minimum Gasteiger partial charge on any atom is -0.315 e. The fraction of sp³-hybridized carbons (Fsp3) is 0.533. The number of likely N-dealkylation sites (N-methyl/N-ethyl adjacent to an activating group) is 1. The minimum absolute atomic E-state index is 0.196. The number of hydrogen-bond acceptors (Lipinski definition) is 3. The van der Waals surface area contributed by atoms with Crippen molar-refractivity contribution in [1.82, 2.24) is 10.2 Å². The van der Waals surface area contributed by atoms with Crippen LogP contribution >= 0.6 is 0 Å². The van der Waals surface area contributed by atoms with Crippen LogP contribution in [0.1, 0.15) is 24.1 Å². The average molecular weight is 259 g/mol. The summed E-state index contributed by atoms with van der Waals surface area (Å²) in [6.07, 6.45) is 0.550. The number of carbonyl (C=O) groups excluding carboxylic acids is 1. The van der Waals surface area contributed by atoms with Gasteiger partial charge in [0.1, 0.15) is 0 Å². The van der Waals surface area contributed by atoms with Gasteiger partial charge >= 0.3 is 0 Å². The molecule has 102 valence electrons. The van der Waals surface area contributed by atoms with Crippen LogP contribution in [0, 0.1) is 0 Å². The second-order valence-corrected chi connectivity index (χ2v) is 5.48. The Kier molecular flexibility index (Phi) is 3.29. The Hall–Kier alpha value is -1.39. The van der Waals surface area contributed by atoms with E-state index in [4.69, 9.17) is 0 Å². The van der Waals surface area contributed by atoms with Crippen LogP contribution in [0.5, 0.6) is 0 Å². The van der Waals surface area contributed by atoms with E-state index in [0.29, 0.717) is 12.5 Å². The largest absolute Gasteiger partial charge is 0.315 e. The lowest BCUT2D eigenvalue weighted by Crippen LogP contribution is -2.44. The summed E-state index contributed by atoms with van der Waals surface area (Å²) in [5.41, 5.74) is 3.57. The second-order valence-electron chi connectivity index (χ2n) is 5.48. The Morgan fingerprint density at radius 2 is 2.00 bits per heavy atom. The van der Waals surface area contributed by atoms with E-state index < -0.39 is 0 Å². The first kappa shape index (κ1) is 12.6. The summed E-state index contributed by atoms with van der Waals surface area (Å²) in [6.45, 7) is 6.58. The molecule has 1 N–H and O–H groups in total. The molecule has 1 fully saturated rings. The van der Waals surface area contributed by atoms with E-state index in [0.717, 1.165) is 31.9 Å². The number of nitrogens with one attached hydrogen (secondary N) is 1. The van der Waals surface area contributed by atoms with Gasteiger partial charge in [0.25, 0.3) is 0 Å². The molecule has 0 radical (unpaired) electrons. The van der Waals surface area contributed by atoms with E-state index in [9.17, 15) is 4.79 Å². The number of carbonyl (C=O) groups is 1. The standard InChI is InChI=1S/C15H21N3O/c1-11(18-7-5-16-6-8-18)12-3-4-14-13(9-12)10-15(19)17(14)2/h3-4,9,11,16H,5-8,10H2,1-2H3. The molecule has 1 atom stereocenters. The molecule has 3 rings (SSSR count). The smallest absolute Gasteiger partial charge is 0.231 e. The number of amides is 1. The monoisotopic (exact) mass is 259 g/mol. The van der Waals surface area contributed by atoms with Crippen LogP contribution < -0.4 is 10.2 Å². The van der Waals surface area contributed by atoms with Crippen LogP contribution in [0.25, 0.3) is 0 Å². The van der Waals surface area contributed by atoms with Crippen molar-refractivity contribution in [1.29, 1.82) is 0 Å². The zero-order chi connectivity index (χ0) is 13.4. The van der Waals surface area contributed by atoms with Gasteiger partial charge in [-0.25, -0.2) is 0 Å². The van der Waals surface area contributed by atoms with E-state index in [1.54, 1.807) is 4.90 Å². The van der Waals surface area contributed by atoms with Crippen LogP contribution in [-0.4, -0.2) is 44.0 Å². The first-order chi connectivity index (χ1) is 9.16.